The zero-order valence-electron chi connectivity index (χ0n) is 23.6. The van der Waals surface area contributed by atoms with Gasteiger partial charge in [0.25, 0.3) is 5.91 Å². The Kier molecular flexibility index (Phi) is 11.4. The summed E-state index contributed by atoms with van der Waals surface area (Å²) >= 11 is 21.5. The normalized spacial score (nSPS) is 12.0. The van der Waals surface area contributed by atoms with E-state index in [-0.39, 0.29) is 32.7 Å². The lowest BCUT2D eigenvalue weighted by molar-refractivity contribution is -0.138. The van der Waals surface area contributed by atoms with Crippen molar-refractivity contribution in [3.8, 4) is 0 Å². The Hall–Kier alpha value is -3.13. The molecule has 0 heterocycles. The molecule has 7 nitrogen and oxygen atoms in total. The van der Waals surface area contributed by atoms with Crippen molar-refractivity contribution in [2.75, 3.05) is 16.0 Å². The van der Waals surface area contributed by atoms with Crippen LogP contribution in [0.5, 0.6) is 0 Å². The maximum atomic E-state index is 15.1. The largest absolute Gasteiger partial charge is 0.444 e. The van der Waals surface area contributed by atoms with E-state index in [1.54, 1.807) is 20.8 Å². The van der Waals surface area contributed by atoms with Crippen LogP contribution in [0.4, 0.5) is 43.8 Å². The second-order valence-electron chi connectivity index (χ2n) is 10.6. The molecule has 3 amide bonds. The van der Waals surface area contributed by atoms with Gasteiger partial charge in [-0.3, -0.25) is 14.9 Å². The predicted octanol–water partition coefficient (Wildman–Crippen LogP) is 9.74. The number of hydrogen-bond acceptors (Lipinski definition) is 4. The first-order chi connectivity index (χ1) is 20.6. The van der Waals surface area contributed by atoms with Crippen molar-refractivity contribution in [3.05, 3.63) is 86.4 Å². The van der Waals surface area contributed by atoms with E-state index in [0.717, 1.165) is 24.3 Å². The van der Waals surface area contributed by atoms with Gasteiger partial charge in [-0.2, -0.15) is 13.2 Å². The first-order valence-electron chi connectivity index (χ1n) is 12.8. The molecule has 0 fully saturated rings. The summed E-state index contributed by atoms with van der Waals surface area (Å²) in [5.74, 6) is -4.13. The molecular weight excluding hydrogens is 736 g/mol. The second-order valence-corrected chi connectivity index (χ2v) is 13.5. The third kappa shape index (κ3) is 10.5. The van der Waals surface area contributed by atoms with E-state index in [1.807, 2.05) is 5.32 Å². The number of carbonyl (C=O) groups is 3. The quantitative estimate of drug-likeness (QED) is 0.158. The smallest absolute Gasteiger partial charge is 0.417 e. The van der Waals surface area contributed by atoms with E-state index in [1.165, 1.54) is 24.3 Å². The number of amides is 3. The molecule has 16 heteroatoms. The molecule has 0 saturated heterocycles. The Balaban J connectivity index is 1.72. The number of alkyl halides is 5. The molecule has 0 saturated carbocycles. The van der Waals surface area contributed by atoms with Crippen molar-refractivity contribution in [3.63, 3.8) is 0 Å². The molecule has 0 aliphatic rings. The molecule has 0 radical (unpaired) electrons. The van der Waals surface area contributed by atoms with Crippen LogP contribution in [0.3, 0.4) is 0 Å². The minimum Gasteiger partial charge on any atom is -0.444 e. The van der Waals surface area contributed by atoms with Gasteiger partial charge in [-0.25, -0.2) is 13.6 Å². The lowest BCUT2D eigenvalue weighted by Gasteiger charge is -2.20. The van der Waals surface area contributed by atoms with Crippen LogP contribution in [0.25, 0.3) is 0 Å². The van der Waals surface area contributed by atoms with Gasteiger partial charge in [-0.15, -0.1) is 23.2 Å². The number of carbonyl (C=O) groups excluding carboxylic acids is 3. The molecule has 0 unspecified atom stereocenters. The number of hydrogen-bond donors (Lipinski definition) is 3. The van der Waals surface area contributed by atoms with Crippen molar-refractivity contribution < 1.29 is 41.1 Å². The third-order valence-electron chi connectivity index (χ3n) is 5.68. The molecule has 3 aromatic rings. The third-order valence-corrected chi connectivity index (χ3v) is 7.23. The maximum Gasteiger partial charge on any atom is 0.417 e. The number of benzene rings is 3. The molecule has 0 bridgehead atoms. The first-order valence-corrected chi connectivity index (χ1v) is 14.7. The van der Waals surface area contributed by atoms with Gasteiger partial charge in [0.15, 0.2) is 5.82 Å². The monoisotopic (exact) mass is 757 g/mol. The Morgan fingerprint density at radius 1 is 0.911 bits per heavy atom. The zero-order chi connectivity index (χ0) is 33.9. The molecule has 0 aliphatic carbocycles. The number of ether oxygens (including phenoxy) is 1. The summed E-state index contributed by atoms with van der Waals surface area (Å²) in [4.78, 5) is 37.7. The van der Waals surface area contributed by atoms with Gasteiger partial charge in [0.05, 0.1) is 28.3 Å². The van der Waals surface area contributed by atoms with E-state index in [9.17, 15) is 31.9 Å². The fourth-order valence-electron chi connectivity index (χ4n) is 3.84. The van der Waals surface area contributed by atoms with E-state index in [2.05, 4.69) is 26.6 Å². The van der Waals surface area contributed by atoms with Gasteiger partial charge in [-0.05, 0) is 68.8 Å². The highest BCUT2D eigenvalue weighted by molar-refractivity contribution is 9.10. The van der Waals surface area contributed by atoms with Crippen LogP contribution in [-0.4, -0.2) is 27.8 Å². The van der Waals surface area contributed by atoms with Crippen molar-refractivity contribution in [1.29, 1.82) is 0 Å². The fourth-order valence-corrected chi connectivity index (χ4v) is 5.06. The van der Waals surface area contributed by atoms with Crippen LogP contribution >= 0.6 is 50.7 Å². The lowest BCUT2D eigenvalue weighted by atomic mass is 10.0. The van der Waals surface area contributed by atoms with Gasteiger partial charge < -0.3 is 15.4 Å². The summed E-state index contributed by atoms with van der Waals surface area (Å²) in [7, 11) is 0. The van der Waals surface area contributed by atoms with E-state index >= 15 is 4.39 Å². The maximum absolute atomic E-state index is 15.1. The molecule has 0 spiro atoms. The number of halogens is 9. The van der Waals surface area contributed by atoms with E-state index < -0.39 is 69.0 Å². The Morgan fingerprint density at radius 2 is 1.58 bits per heavy atom. The lowest BCUT2D eigenvalue weighted by Crippen LogP contribution is -2.28. The predicted molar refractivity (Wildman–Crippen MR) is 166 cm³/mol. The van der Waals surface area contributed by atoms with Gasteiger partial charge in [0.1, 0.15) is 21.4 Å². The van der Waals surface area contributed by atoms with Gasteiger partial charge in [0, 0.05) is 16.6 Å². The highest BCUT2D eigenvalue weighted by Gasteiger charge is 2.35. The molecule has 242 valence electrons. The van der Waals surface area contributed by atoms with Crippen LogP contribution in [-0.2, 0) is 22.1 Å². The van der Waals surface area contributed by atoms with Crippen molar-refractivity contribution in [2.24, 2.45) is 0 Å². The Morgan fingerprint density at radius 3 is 2.20 bits per heavy atom. The van der Waals surface area contributed by atoms with Crippen LogP contribution in [0.15, 0.2) is 53.0 Å². The van der Waals surface area contributed by atoms with Crippen molar-refractivity contribution >= 4 is 85.7 Å². The summed E-state index contributed by atoms with van der Waals surface area (Å²) in [5, 5.41) is 6.56. The van der Waals surface area contributed by atoms with Crippen LogP contribution < -0.4 is 16.0 Å². The molecular formula is C29H24BrCl3F5N3O4. The molecule has 0 atom stereocenters. The summed E-state index contributed by atoms with van der Waals surface area (Å²) in [6, 6.07) is 8.93. The second kappa shape index (κ2) is 14.1. The van der Waals surface area contributed by atoms with Crippen molar-refractivity contribution in [1.82, 2.24) is 0 Å². The standard InChI is InChI=1S/C29H24BrCl3F5N3O4/c1-27(2,3)45-26(44)41-24-20(34)8-9-21(23(24)35)40-25(43)16-11-15(5-7-19(16)31)39-22(42)13-28(32,33)12-14-4-6-18(30)17(10-14)29(36,37)38/h4-11H,12-13H2,1-3H3,(H,39,42)(H,40,43)(H,41,44). The average Bonchev–Trinajstić information content (AvgIpc) is 2.88. The van der Waals surface area contributed by atoms with Crippen LogP contribution in [0, 0.1) is 11.6 Å². The number of nitrogens with one attached hydrogen (secondary N) is 3. The Bertz CT molecular complexity index is 1630. The summed E-state index contributed by atoms with van der Waals surface area (Å²) in [6.45, 7) is 4.66. The SMILES string of the molecule is CC(C)(C)OC(=O)Nc1c(F)ccc(NC(=O)c2cc(NC(=O)CC(Cl)(Cl)Cc3ccc(Br)c(C(F)(F)F)c3)ccc2Cl)c1F. The Labute approximate surface area is 277 Å². The molecule has 0 aliphatic heterocycles. The van der Waals surface area contributed by atoms with Gasteiger partial charge in [0.2, 0.25) is 5.91 Å². The van der Waals surface area contributed by atoms with Gasteiger partial charge in [-0.1, -0.05) is 33.6 Å². The molecule has 3 N–H and O–H groups in total. The minimum atomic E-state index is -4.63. The zero-order valence-corrected chi connectivity index (χ0v) is 27.4. The first kappa shape index (κ1) is 36.3. The van der Waals surface area contributed by atoms with Crippen molar-refractivity contribution in [2.45, 2.75) is 49.7 Å². The number of rotatable bonds is 8. The van der Waals surface area contributed by atoms with E-state index in [0.29, 0.717) is 0 Å². The fraction of sp³-hybridized carbons (Fsp3) is 0.276. The summed E-state index contributed by atoms with van der Waals surface area (Å²) in [6.07, 6.45) is -6.61. The molecule has 3 aromatic carbocycles. The number of anilines is 3. The van der Waals surface area contributed by atoms with Gasteiger partial charge >= 0.3 is 12.3 Å². The molecule has 0 aromatic heterocycles. The summed E-state index contributed by atoms with van der Waals surface area (Å²) in [5.41, 5.74) is -3.30. The molecule has 3 rings (SSSR count). The van der Waals surface area contributed by atoms with Crippen LogP contribution in [0.1, 0.15) is 48.7 Å². The minimum absolute atomic E-state index is 0.0496. The van der Waals surface area contributed by atoms with E-state index in [4.69, 9.17) is 39.5 Å². The highest BCUT2D eigenvalue weighted by Crippen LogP contribution is 2.38. The average molecular weight is 760 g/mol. The topological polar surface area (TPSA) is 96.5 Å². The summed E-state index contributed by atoms with van der Waals surface area (Å²) < 4.78 is 72.1. The van der Waals surface area contributed by atoms with Crippen LogP contribution in [0.2, 0.25) is 5.02 Å². The highest BCUT2D eigenvalue weighted by atomic mass is 79.9. The molecule has 45 heavy (non-hydrogen) atoms.